The minimum atomic E-state index is -0.0485. The Morgan fingerprint density at radius 3 is 2.50 bits per heavy atom. The molecule has 0 bridgehead atoms. The zero-order valence-corrected chi connectivity index (χ0v) is 15.9. The van der Waals surface area contributed by atoms with Gasteiger partial charge in [-0.25, -0.2) is 4.98 Å². The van der Waals surface area contributed by atoms with Crippen LogP contribution in [0.3, 0.4) is 0 Å². The summed E-state index contributed by atoms with van der Waals surface area (Å²) in [5.41, 5.74) is 3.52. The summed E-state index contributed by atoms with van der Waals surface area (Å²) in [6.07, 6.45) is 3.52. The van der Waals surface area contributed by atoms with Crippen molar-refractivity contribution in [2.24, 2.45) is 0 Å². The Kier molecular flexibility index (Phi) is 6.02. The predicted molar refractivity (Wildman–Crippen MR) is 109 cm³/mol. The van der Waals surface area contributed by atoms with Gasteiger partial charge in [-0.3, -0.25) is 4.79 Å². The van der Waals surface area contributed by atoms with Crippen LogP contribution in [0.15, 0.2) is 60.8 Å². The summed E-state index contributed by atoms with van der Waals surface area (Å²) in [5, 5.41) is 3.86. The molecule has 1 N–H and O–H groups in total. The molecule has 134 valence electrons. The number of aryl methyl sites for hydroxylation is 1. The van der Waals surface area contributed by atoms with Gasteiger partial charge in [-0.2, -0.15) is 0 Å². The average molecular weight is 366 g/mol. The Morgan fingerprint density at radius 1 is 1.08 bits per heavy atom. The number of thiazole rings is 1. The van der Waals surface area contributed by atoms with E-state index in [1.807, 2.05) is 44.4 Å². The predicted octanol–water partition coefficient (Wildman–Crippen LogP) is 4.24. The standard InChI is InChI=1S/C21H23N3OS/c1-24(2)18-12-10-16(11-13-18)7-6-14-22-20(25)19-15-23-21(26-19)17-8-4-3-5-9-17/h3-5,8-13,15H,6-7,14H2,1-2H3,(H,22,25). The Morgan fingerprint density at radius 2 is 1.81 bits per heavy atom. The zero-order valence-electron chi connectivity index (χ0n) is 15.1. The molecule has 0 saturated heterocycles. The molecule has 0 spiro atoms. The number of carbonyl (C=O) groups excluding carboxylic acids is 1. The van der Waals surface area contributed by atoms with Gasteiger partial charge < -0.3 is 10.2 Å². The first kappa shape index (κ1) is 18.1. The SMILES string of the molecule is CN(C)c1ccc(CCCNC(=O)c2cnc(-c3ccccc3)s2)cc1. The Hall–Kier alpha value is -2.66. The lowest BCUT2D eigenvalue weighted by atomic mass is 10.1. The van der Waals surface area contributed by atoms with Crippen LogP contribution in [0.4, 0.5) is 5.69 Å². The molecule has 0 atom stereocenters. The maximum atomic E-state index is 12.3. The number of hydrogen-bond acceptors (Lipinski definition) is 4. The molecule has 3 rings (SSSR count). The van der Waals surface area contributed by atoms with Gasteiger partial charge in [-0.15, -0.1) is 11.3 Å². The van der Waals surface area contributed by atoms with Crippen LogP contribution >= 0.6 is 11.3 Å². The first-order valence-corrected chi connectivity index (χ1v) is 9.51. The van der Waals surface area contributed by atoms with E-state index in [0.717, 1.165) is 23.4 Å². The van der Waals surface area contributed by atoms with Crippen molar-refractivity contribution in [1.82, 2.24) is 10.3 Å². The number of carbonyl (C=O) groups is 1. The normalized spacial score (nSPS) is 10.5. The number of rotatable bonds is 7. The number of aromatic nitrogens is 1. The summed E-state index contributed by atoms with van der Waals surface area (Å²) in [7, 11) is 4.07. The van der Waals surface area contributed by atoms with Crippen LogP contribution in [0.5, 0.6) is 0 Å². The van der Waals surface area contributed by atoms with Crippen molar-refractivity contribution in [3.05, 3.63) is 71.2 Å². The molecule has 0 aliphatic carbocycles. The molecule has 1 heterocycles. The van der Waals surface area contributed by atoms with E-state index in [0.29, 0.717) is 11.4 Å². The van der Waals surface area contributed by atoms with E-state index in [-0.39, 0.29) is 5.91 Å². The van der Waals surface area contributed by atoms with Gasteiger partial charge in [0.15, 0.2) is 0 Å². The minimum Gasteiger partial charge on any atom is -0.378 e. The van der Waals surface area contributed by atoms with Crippen LogP contribution in [0.25, 0.3) is 10.6 Å². The van der Waals surface area contributed by atoms with Crippen LogP contribution < -0.4 is 10.2 Å². The third-order valence-electron chi connectivity index (χ3n) is 4.13. The molecule has 26 heavy (non-hydrogen) atoms. The van der Waals surface area contributed by atoms with E-state index in [9.17, 15) is 4.79 Å². The summed E-state index contributed by atoms with van der Waals surface area (Å²) in [4.78, 5) is 19.4. The Balaban J connectivity index is 1.46. The van der Waals surface area contributed by atoms with Gasteiger partial charge in [-0.05, 0) is 30.5 Å². The van der Waals surface area contributed by atoms with Crippen LogP contribution in [0.1, 0.15) is 21.7 Å². The number of amides is 1. The molecule has 2 aromatic carbocycles. The highest BCUT2D eigenvalue weighted by atomic mass is 32.1. The molecule has 1 amide bonds. The molecule has 0 fully saturated rings. The van der Waals surface area contributed by atoms with E-state index in [4.69, 9.17) is 0 Å². The first-order valence-electron chi connectivity index (χ1n) is 8.69. The first-order chi connectivity index (χ1) is 12.6. The fourth-order valence-corrected chi connectivity index (χ4v) is 3.47. The molecule has 4 nitrogen and oxygen atoms in total. The van der Waals surface area contributed by atoms with Gasteiger partial charge >= 0.3 is 0 Å². The molecule has 0 aliphatic heterocycles. The van der Waals surface area contributed by atoms with Crippen molar-refractivity contribution in [3.63, 3.8) is 0 Å². The number of nitrogens with one attached hydrogen (secondary N) is 1. The highest BCUT2D eigenvalue weighted by Crippen LogP contribution is 2.24. The lowest BCUT2D eigenvalue weighted by Crippen LogP contribution is -2.23. The number of benzene rings is 2. The zero-order chi connectivity index (χ0) is 18.4. The minimum absolute atomic E-state index is 0.0485. The Bertz CT molecular complexity index is 841. The second-order valence-corrected chi connectivity index (χ2v) is 7.35. The molecular formula is C21H23N3OS. The van der Waals surface area contributed by atoms with E-state index in [2.05, 4.69) is 39.5 Å². The van der Waals surface area contributed by atoms with Crippen LogP contribution in [-0.2, 0) is 6.42 Å². The second kappa shape index (κ2) is 8.63. The van der Waals surface area contributed by atoms with Crippen molar-refractivity contribution in [3.8, 4) is 10.6 Å². The maximum Gasteiger partial charge on any atom is 0.263 e. The molecule has 1 aromatic heterocycles. The molecule has 0 radical (unpaired) electrons. The van der Waals surface area contributed by atoms with Gasteiger partial charge in [0.1, 0.15) is 9.88 Å². The number of anilines is 1. The van der Waals surface area contributed by atoms with Crippen LogP contribution in [0.2, 0.25) is 0 Å². The lowest BCUT2D eigenvalue weighted by Gasteiger charge is -2.12. The quantitative estimate of drug-likeness (QED) is 0.637. The molecular weight excluding hydrogens is 342 g/mol. The van der Waals surface area contributed by atoms with Crippen molar-refractivity contribution >= 4 is 22.9 Å². The smallest absolute Gasteiger partial charge is 0.263 e. The summed E-state index contributed by atoms with van der Waals surface area (Å²) in [5.74, 6) is -0.0485. The highest BCUT2D eigenvalue weighted by Gasteiger charge is 2.11. The lowest BCUT2D eigenvalue weighted by molar-refractivity contribution is 0.0957. The van der Waals surface area contributed by atoms with Crippen molar-refractivity contribution in [2.75, 3.05) is 25.5 Å². The fourth-order valence-electron chi connectivity index (χ4n) is 2.64. The third kappa shape index (κ3) is 4.70. The molecule has 0 aliphatic rings. The summed E-state index contributed by atoms with van der Waals surface area (Å²) >= 11 is 1.42. The van der Waals surface area contributed by atoms with Crippen molar-refractivity contribution in [1.29, 1.82) is 0 Å². The summed E-state index contributed by atoms with van der Waals surface area (Å²) in [6, 6.07) is 18.5. The molecule has 0 unspecified atom stereocenters. The molecule has 0 saturated carbocycles. The van der Waals surface area contributed by atoms with Crippen molar-refractivity contribution < 1.29 is 4.79 Å². The van der Waals surface area contributed by atoms with E-state index in [1.54, 1.807) is 6.20 Å². The van der Waals surface area contributed by atoms with Crippen LogP contribution in [0, 0.1) is 0 Å². The monoisotopic (exact) mass is 365 g/mol. The van der Waals surface area contributed by atoms with E-state index in [1.165, 1.54) is 22.6 Å². The van der Waals surface area contributed by atoms with Gasteiger partial charge in [0.2, 0.25) is 0 Å². The van der Waals surface area contributed by atoms with E-state index >= 15 is 0 Å². The number of nitrogens with zero attached hydrogens (tertiary/aromatic N) is 2. The molecule has 5 heteroatoms. The second-order valence-electron chi connectivity index (χ2n) is 6.32. The third-order valence-corrected chi connectivity index (χ3v) is 5.18. The van der Waals surface area contributed by atoms with Gasteiger partial charge in [0.05, 0.1) is 6.20 Å². The fraction of sp³-hybridized carbons (Fsp3) is 0.238. The summed E-state index contributed by atoms with van der Waals surface area (Å²) in [6.45, 7) is 0.660. The van der Waals surface area contributed by atoms with Gasteiger partial charge in [0.25, 0.3) is 5.91 Å². The largest absolute Gasteiger partial charge is 0.378 e. The van der Waals surface area contributed by atoms with Gasteiger partial charge in [0, 0.05) is 31.9 Å². The molecule has 3 aromatic rings. The maximum absolute atomic E-state index is 12.3. The van der Waals surface area contributed by atoms with Crippen LogP contribution in [-0.4, -0.2) is 31.5 Å². The Labute approximate surface area is 158 Å². The summed E-state index contributed by atoms with van der Waals surface area (Å²) < 4.78 is 0. The van der Waals surface area contributed by atoms with Gasteiger partial charge in [-0.1, -0.05) is 42.5 Å². The van der Waals surface area contributed by atoms with E-state index < -0.39 is 0 Å². The topological polar surface area (TPSA) is 45.2 Å². The average Bonchev–Trinajstić information content (AvgIpc) is 3.16. The van der Waals surface area contributed by atoms with Crippen molar-refractivity contribution in [2.45, 2.75) is 12.8 Å². The highest BCUT2D eigenvalue weighted by molar-refractivity contribution is 7.16. The number of hydrogen-bond donors (Lipinski definition) is 1.